The molecular formula is C28H35N5O6. The van der Waals surface area contributed by atoms with Gasteiger partial charge in [-0.05, 0) is 70.6 Å². The van der Waals surface area contributed by atoms with Gasteiger partial charge in [0.1, 0.15) is 17.7 Å². The molecule has 0 spiro atoms. The van der Waals surface area contributed by atoms with Crippen molar-refractivity contribution >= 4 is 23.9 Å². The van der Waals surface area contributed by atoms with Gasteiger partial charge in [0.2, 0.25) is 11.8 Å². The first-order valence-electron chi connectivity index (χ1n) is 13.5. The van der Waals surface area contributed by atoms with Crippen LogP contribution in [0.4, 0.5) is 4.79 Å². The molecule has 5 rings (SSSR count). The van der Waals surface area contributed by atoms with E-state index >= 15 is 0 Å². The number of carboxylic acids is 1. The highest BCUT2D eigenvalue weighted by Crippen LogP contribution is 2.48. The molecule has 3 saturated heterocycles. The first-order valence-corrected chi connectivity index (χ1v) is 13.5. The van der Waals surface area contributed by atoms with Gasteiger partial charge < -0.3 is 25.0 Å². The first kappa shape index (κ1) is 26.9. The Morgan fingerprint density at radius 3 is 2.62 bits per heavy atom. The maximum Gasteiger partial charge on any atom is 0.408 e. The summed E-state index contributed by atoms with van der Waals surface area (Å²) in [5.41, 5.74) is 0.166. The molecule has 0 aromatic heterocycles. The van der Waals surface area contributed by atoms with Crippen LogP contribution < -0.4 is 5.32 Å². The first-order chi connectivity index (χ1) is 18.4. The normalized spacial score (nSPS) is 29.0. The second-order valence-electron chi connectivity index (χ2n) is 12.1. The Hall–Kier alpha value is -3.65. The summed E-state index contributed by atoms with van der Waals surface area (Å²) in [5.74, 6) is -1.09. The third-order valence-corrected chi connectivity index (χ3v) is 8.26. The quantitative estimate of drug-likeness (QED) is 0.539. The van der Waals surface area contributed by atoms with Crippen LogP contribution in [-0.4, -0.2) is 92.6 Å². The molecule has 39 heavy (non-hydrogen) atoms. The number of carbonyl (C=O) groups excluding carboxylic acids is 3. The van der Waals surface area contributed by atoms with E-state index < -0.39 is 35.8 Å². The molecule has 4 aliphatic rings. The molecule has 1 aromatic carbocycles. The zero-order valence-electron chi connectivity index (χ0n) is 22.7. The largest absolute Gasteiger partial charge is 0.478 e. The summed E-state index contributed by atoms with van der Waals surface area (Å²) in [6.07, 6.45) is 1.38. The van der Waals surface area contributed by atoms with Crippen LogP contribution in [-0.2, 0) is 14.3 Å². The van der Waals surface area contributed by atoms with Gasteiger partial charge in [-0.15, -0.1) is 0 Å². The molecule has 2 N–H and O–H groups in total. The number of piperidine rings is 1. The average molecular weight is 538 g/mol. The van der Waals surface area contributed by atoms with E-state index in [9.17, 15) is 29.5 Å². The minimum atomic E-state index is -1.02. The lowest BCUT2D eigenvalue weighted by molar-refractivity contribution is -0.141. The topological polar surface area (TPSA) is 143 Å². The van der Waals surface area contributed by atoms with Gasteiger partial charge in [-0.2, -0.15) is 5.26 Å². The fraction of sp³-hybridized carbons (Fsp3) is 0.607. The summed E-state index contributed by atoms with van der Waals surface area (Å²) >= 11 is 0. The lowest BCUT2D eigenvalue weighted by atomic mass is 10.0. The minimum Gasteiger partial charge on any atom is -0.478 e. The molecule has 4 fully saturated rings. The SMILES string of the molecule is C[C@H](c1cccc(C(=O)O)c1)N1C(=O)[C@@H]2C[C@H]1CN2C[C@H](NC(=O)OC(C)(C)C)C(=O)N1[C@H](C#N)C[C@@H]2C[C@@H]21. The van der Waals surface area contributed by atoms with Gasteiger partial charge >= 0.3 is 12.1 Å². The number of nitriles is 1. The molecule has 7 atom stereocenters. The third kappa shape index (κ3) is 5.17. The number of likely N-dealkylation sites (tertiary alicyclic amines) is 3. The average Bonchev–Trinajstić information content (AvgIpc) is 3.18. The number of carboxylic acid groups (broad SMARTS) is 1. The van der Waals surface area contributed by atoms with E-state index in [1.807, 2.05) is 17.9 Å². The Bertz CT molecular complexity index is 1240. The maximum absolute atomic E-state index is 13.7. The molecule has 11 heteroatoms. The molecule has 1 saturated carbocycles. The Kier molecular flexibility index (Phi) is 6.79. The van der Waals surface area contributed by atoms with Crippen molar-refractivity contribution in [1.29, 1.82) is 5.26 Å². The van der Waals surface area contributed by atoms with Crippen molar-refractivity contribution in [2.24, 2.45) is 5.92 Å². The summed E-state index contributed by atoms with van der Waals surface area (Å²) < 4.78 is 5.42. The van der Waals surface area contributed by atoms with Gasteiger partial charge in [0.15, 0.2) is 0 Å². The molecule has 208 valence electrons. The Labute approximate surface area is 227 Å². The van der Waals surface area contributed by atoms with Crippen LogP contribution in [0.5, 0.6) is 0 Å². The van der Waals surface area contributed by atoms with E-state index in [-0.39, 0.29) is 42.0 Å². The lowest BCUT2D eigenvalue weighted by Gasteiger charge is -2.39. The van der Waals surface area contributed by atoms with Gasteiger partial charge in [-0.3, -0.25) is 14.5 Å². The fourth-order valence-corrected chi connectivity index (χ4v) is 6.43. The van der Waals surface area contributed by atoms with Crippen LogP contribution in [0.1, 0.15) is 68.9 Å². The van der Waals surface area contributed by atoms with Gasteiger partial charge in [-0.1, -0.05) is 12.1 Å². The number of ether oxygens (including phenoxy) is 1. The minimum absolute atomic E-state index is 0.0275. The van der Waals surface area contributed by atoms with Crippen LogP contribution in [0.25, 0.3) is 0 Å². The number of fused-ring (bicyclic) bond motifs is 3. The van der Waals surface area contributed by atoms with E-state index in [0.717, 1.165) is 12.0 Å². The smallest absolute Gasteiger partial charge is 0.408 e. The lowest BCUT2D eigenvalue weighted by Crippen LogP contribution is -2.59. The number of alkyl carbamates (subject to hydrolysis) is 1. The third-order valence-electron chi connectivity index (χ3n) is 8.26. The molecule has 0 radical (unpaired) electrons. The van der Waals surface area contributed by atoms with Crippen molar-refractivity contribution in [2.75, 3.05) is 13.1 Å². The van der Waals surface area contributed by atoms with Crippen molar-refractivity contribution in [2.45, 2.75) is 88.8 Å². The molecular weight excluding hydrogens is 502 g/mol. The summed E-state index contributed by atoms with van der Waals surface area (Å²) in [6, 6.07) is 6.53. The molecule has 11 nitrogen and oxygen atoms in total. The second-order valence-corrected chi connectivity index (χ2v) is 12.1. The van der Waals surface area contributed by atoms with Gasteiger partial charge in [-0.25, -0.2) is 9.59 Å². The van der Waals surface area contributed by atoms with Crippen LogP contribution >= 0.6 is 0 Å². The van der Waals surface area contributed by atoms with Gasteiger partial charge in [0.05, 0.1) is 23.7 Å². The number of hydrogen-bond donors (Lipinski definition) is 2. The molecule has 1 aromatic rings. The monoisotopic (exact) mass is 537 g/mol. The number of piperazine rings is 1. The van der Waals surface area contributed by atoms with Crippen molar-refractivity contribution < 1.29 is 29.0 Å². The zero-order chi connectivity index (χ0) is 28.2. The summed E-state index contributed by atoms with van der Waals surface area (Å²) in [5, 5.41) is 21.7. The Morgan fingerprint density at radius 2 is 1.97 bits per heavy atom. The fourth-order valence-electron chi connectivity index (χ4n) is 6.43. The van der Waals surface area contributed by atoms with E-state index in [1.54, 1.807) is 42.7 Å². The summed E-state index contributed by atoms with van der Waals surface area (Å²) in [6.45, 7) is 7.77. The number of amides is 3. The second kappa shape index (κ2) is 9.83. The van der Waals surface area contributed by atoms with Gasteiger partial charge in [0.25, 0.3) is 0 Å². The predicted octanol–water partition coefficient (Wildman–Crippen LogP) is 2.14. The van der Waals surface area contributed by atoms with Crippen molar-refractivity contribution in [3.63, 3.8) is 0 Å². The standard InChI is InChI=1S/C28H35N5O6/c1-15(16-6-5-7-17(8-16)26(36)37)32-20-11-23(25(32)35)31(13-20)14-21(30-27(38)39-28(2,3)4)24(34)33-19(12-29)9-18-10-22(18)33/h5-8,15,18-23H,9-11,13-14H2,1-4H3,(H,30,38)(H,36,37)/t15-,18-,19+,20+,21+,22+,23+/m1/s1. The number of benzene rings is 1. The molecule has 3 heterocycles. The zero-order valence-corrected chi connectivity index (χ0v) is 22.7. The van der Waals surface area contributed by atoms with E-state index in [0.29, 0.717) is 25.3 Å². The summed E-state index contributed by atoms with van der Waals surface area (Å²) in [7, 11) is 0. The van der Waals surface area contributed by atoms with Gasteiger partial charge in [0, 0.05) is 25.2 Å². The molecule has 3 amide bonds. The van der Waals surface area contributed by atoms with Crippen molar-refractivity contribution in [3.8, 4) is 6.07 Å². The summed E-state index contributed by atoms with van der Waals surface area (Å²) in [4.78, 5) is 56.7. The number of carbonyl (C=O) groups is 4. The highest BCUT2D eigenvalue weighted by atomic mass is 16.6. The van der Waals surface area contributed by atoms with E-state index in [2.05, 4.69) is 11.4 Å². The van der Waals surface area contributed by atoms with Crippen molar-refractivity contribution in [3.05, 3.63) is 35.4 Å². The molecule has 0 unspecified atom stereocenters. The van der Waals surface area contributed by atoms with Crippen LogP contribution in [0.2, 0.25) is 0 Å². The number of hydrogen-bond acceptors (Lipinski definition) is 7. The molecule has 1 aliphatic carbocycles. The number of nitrogens with zero attached hydrogens (tertiary/aromatic N) is 4. The maximum atomic E-state index is 13.7. The number of aromatic carboxylic acids is 1. The Morgan fingerprint density at radius 1 is 1.23 bits per heavy atom. The van der Waals surface area contributed by atoms with E-state index in [4.69, 9.17) is 4.74 Å². The molecule has 3 aliphatic heterocycles. The van der Waals surface area contributed by atoms with Crippen LogP contribution in [0, 0.1) is 17.2 Å². The highest BCUT2D eigenvalue weighted by molar-refractivity contribution is 5.89. The van der Waals surface area contributed by atoms with Crippen molar-refractivity contribution in [1.82, 2.24) is 20.0 Å². The number of rotatable bonds is 7. The Balaban J connectivity index is 1.31. The predicted molar refractivity (Wildman–Crippen MR) is 138 cm³/mol. The highest BCUT2D eigenvalue weighted by Gasteiger charge is 2.56. The van der Waals surface area contributed by atoms with Crippen LogP contribution in [0.3, 0.4) is 0 Å². The number of nitrogens with one attached hydrogen (secondary N) is 1. The van der Waals surface area contributed by atoms with Crippen LogP contribution in [0.15, 0.2) is 24.3 Å². The van der Waals surface area contributed by atoms with E-state index in [1.165, 1.54) is 6.07 Å². The molecule has 2 bridgehead atoms.